The third kappa shape index (κ3) is 5.47. The number of nitrogens with two attached hydrogens (primary N) is 1. The molecule has 5 heteroatoms. The number of rotatable bonds is 1. The van der Waals surface area contributed by atoms with Crippen molar-refractivity contribution in [1.82, 2.24) is 5.32 Å². The average molecular weight is 377 g/mol. The van der Waals surface area contributed by atoms with Gasteiger partial charge in [-0.2, -0.15) is 0 Å². The minimum absolute atomic E-state index is 0. The van der Waals surface area contributed by atoms with Crippen molar-refractivity contribution in [3.63, 3.8) is 0 Å². The minimum Gasteiger partial charge on any atom is -0.372 e. The Morgan fingerprint density at radius 1 is 1.23 bits per heavy atom. The topological polar surface area (TPSA) is 75.3 Å². The third-order valence-corrected chi connectivity index (χ3v) is 3.98. The van der Waals surface area contributed by atoms with Crippen molar-refractivity contribution in [2.75, 3.05) is 0 Å². The molecule has 2 atom stereocenters. The number of nitrogens with one attached hydrogen (secondary N) is 1. The Morgan fingerprint density at radius 2 is 1.73 bits per heavy atom. The summed E-state index contributed by atoms with van der Waals surface area (Å²) in [5.74, 6) is -0.0619. The number of allylic oxidation sites excluding steroid dienone is 2. The summed E-state index contributed by atoms with van der Waals surface area (Å²) in [5, 5.41) is 13.7. The van der Waals surface area contributed by atoms with Gasteiger partial charge in [0.15, 0.2) is 5.60 Å². The summed E-state index contributed by atoms with van der Waals surface area (Å²) >= 11 is 4.22. The van der Waals surface area contributed by atoms with E-state index in [1.807, 2.05) is 46.8 Å². The van der Waals surface area contributed by atoms with E-state index in [0.717, 1.165) is 17.0 Å². The summed E-state index contributed by atoms with van der Waals surface area (Å²) in [5.41, 5.74) is 5.75. The maximum atomic E-state index is 12.2. The molecule has 1 aliphatic heterocycles. The quantitative estimate of drug-likeness (QED) is 0.561. The number of hydrogen-bond acceptors (Lipinski definition) is 4. The number of benzene rings is 1. The predicted molar refractivity (Wildman–Crippen MR) is 111 cm³/mol. The summed E-state index contributed by atoms with van der Waals surface area (Å²) in [6.07, 6.45) is 4.83. The largest absolute Gasteiger partial charge is 0.372 e. The second kappa shape index (κ2) is 8.89. The Morgan fingerprint density at radius 3 is 2.23 bits per heavy atom. The van der Waals surface area contributed by atoms with Gasteiger partial charge in [0.05, 0.1) is 0 Å². The van der Waals surface area contributed by atoms with E-state index < -0.39 is 5.60 Å². The highest BCUT2D eigenvalue weighted by Gasteiger charge is 2.49. The predicted octanol–water partition coefficient (Wildman–Crippen LogP) is 3.91. The van der Waals surface area contributed by atoms with E-state index in [1.54, 1.807) is 24.3 Å². The van der Waals surface area contributed by atoms with Crippen LogP contribution in [0.3, 0.4) is 0 Å². The van der Waals surface area contributed by atoms with Gasteiger partial charge < -0.3 is 16.2 Å². The fourth-order valence-corrected chi connectivity index (χ4v) is 2.76. The van der Waals surface area contributed by atoms with Crippen LogP contribution in [0.5, 0.6) is 0 Å². The third-order valence-electron chi connectivity index (χ3n) is 3.69. The van der Waals surface area contributed by atoms with Crippen molar-refractivity contribution >= 4 is 18.5 Å². The Kier molecular flexibility index (Phi) is 7.69. The van der Waals surface area contributed by atoms with Crippen LogP contribution in [0.15, 0.2) is 52.6 Å². The van der Waals surface area contributed by atoms with Crippen LogP contribution >= 0.6 is 12.6 Å². The maximum absolute atomic E-state index is 12.2. The van der Waals surface area contributed by atoms with Gasteiger partial charge >= 0.3 is 0 Å². The van der Waals surface area contributed by atoms with E-state index in [1.165, 1.54) is 0 Å². The summed E-state index contributed by atoms with van der Waals surface area (Å²) in [6.45, 7) is 12.0. The standard InChI is InChI=1S/C15H15NO2S.C4H11N.C2H6/c1-9-2-7-13-12(8-9)15(18,14(17)16-13)10-3-5-11(19)6-4-10;1-4(2,3)5;1-2/h3-9,18-19H,2H2,1H3,(H,16,17);5H2,1-3H3;1-2H3. The molecule has 3 rings (SSSR count). The van der Waals surface area contributed by atoms with Crippen LogP contribution in [-0.2, 0) is 10.4 Å². The van der Waals surface area contributed by atoms with E-state index in [2.05, 4.69) is 24.9 Å². The van der Waals surface area contributed by atoms with Crippen LogP contribution in [0.1, 0.15) is 53.5 Å². The first-order valence-electron chi connectivity index (χ1n) is 9.07. The van der Waals surface area contributed by atoms with Crippen molar-refractivity contribution in [2.45, 2.75) is 64.0 Å². The smallest absolute Gasteiger partial charge is 0.265 e. The molecule has 1 aliphatic carbocycles. The molecule has 2 aliphatic rings. The SMILES string of the molecule is CC.CC(C)(C)N.CC1C=C2C(=CC1)NC(=O)C2(O)c1ccc(S)cc1. The Bertz CT molecular complexity index is 681. The van der Waals surface area contributed by atoms with Crippen LogP contribution in [0.2, 0.25) is 0 Å². The molecule has 0 saturated carbocycles. The number of aliphatic hydroxyl groups is 1. The lowest BCUT2D eigenvalue weighted by Crippen LogP contribution is -2.36. The molecule has 4 N–H and O–H groups in total. The normalized spacial score (nSPS) is 24.0. The van der Waals surface area contributed by atoms with Crippen molar-refractivity contribution < 1.29 is 9.90 Å². The molecule has 0 spiro atoms. The molecule has 0 bridgehead atoms. The molecule has 1 heterocycles. The van der Waals surface area contributed by atoms with E-state index in [0.29, 0.717) is 17.1 Å². The van der Waals surface area contributed by atoms with Crippen molar-refractivity contribution in [2.24, 2.45) is 11.7 Å². The van der Waals surface area contributed by atoms with Gasteiger partial charge in [-0.1, -0.05) is 45.1 Å². The molecular weight excluding hydrogens is 344 g/mol. The highest BCUT2D eigenvalue weighted by molar-refractivity contribution is 7.80. The van der Waals surface area contributed by atoms with Gasteiger partial charge in [-0.3, -0.25) is 4.79 Å². The van der Waals surface area contributed by atoms with Crippen LogP contribution in [0.4, 0.5) is 0 Å². The highest BCUT2D eigenvalue weighted by atomic mass is 32.1. The fourth-order valence-electron chi connectivity index (χ4n) is 2.61. The zero-order valence-corrected chi connectivity index (χ0v) is 17.5. The molecule has 1 amide bonds. The molecule has 26 heavy (non-hydrogen) atoms. The van der Waals surface area contributed by atoms with Crippen molar-refractivity contribution in [1.29, 1.82) is 0 Å². The molecular formula is C21H32N2O2S. The summed E-state index contributed by atoms with van der Waals surface area (Å²) < 4.78 is 0. The molecule has 1 saturated heterocycles. The van der Waals surface area contributed by atoms with Gasteiger partial charge in [-0.25, -0.2) is 0 Å². The van der Waals surface area contributed by atoms with Crippen molar-refractivity contribution in [3.8, 4) is 0 Å². The summed E-state index contributed by atoms with van der Waals surface area (Å²) in [7, 11) is 0. The molecule has 0 aromatic heterocycles. The lowest BCUT2D eigenvalue weighted by Gasteiger charge is -2.24. The first kappa shape index (κ1) is 22.5. The Balaban J connectivity index is 0.000000420. The monoisotopic (exact) mass is 376 g/mol. The number of thiol groups is 1. The molecule has 1 aromatic carbocycles. The van der Waals surface area contributed by atoms with Gasteiger partial charge in [-0.15, -0.1) is 12.6 Å². The maximum Gasteiger partial charge on any atom is 0.265 e. The lowest BCUT2D eigenvalue weighted by molar-refractivity contribution is -0.133. The number of carbonyl (C=O) groups is 1. The van der Waals surface area contributed by atoms with Crippen LogP contribution in [0, 0.1) is 5.92 Å². The van der Waals surface area contributed by atoms with Crippen LogP contribution < -0.4 is 11.1 Å². The Hall–Kier alpha value is -1.56. The molecule has 1 aromatic rings. The minimum atomic E-state index is -1.58. The average Bonchev–Trinajstić information content (AvgIpc) is 2.81. The van der Waals surface area contributed by atoms with Gasteiger partial charge in [0.25, 0.3) is 5.91 Å². The Labute approximate surface area is 163 Å². The molecule has 1 fully saturated rings. The first-order chi connectivity index (χ1) is 12.0. The first-order valence-corrected chi connectivity index (χ1v) is 9.51. The van der Waals surface area contributed by atoms with E-state index in [4.69, 9.17) is 5.73 Å². The zero-order chi connectivity index (χ0) is 20.1. The fraction of sp³-hybridized carbons (Fsp3) is 0.476. The van der Waals surface area contributed by atoms with Gasteiger partial charge in [0.2, 0.25) is 0 Å². The molecule has 144 valence electrons. The molecule has 4 nitrogen and oxygen atoms in total. The van der Waals surface area contributed by atoms with E-state index in [-0.39, 0.29) is 11.4 Å². The van der Waals surface area contributed by atoms with Gasteiger partial charge in [0, 0.05) is 21.7 Å². The molecule has 2 unspecified atom stereocenters. The highest BCUT2D eigenvalue weighted by Crippen LogP contribution is 2.41. The van der Waals surface area contributed by atoms with Gasteiger partial charge in [-0.05, 0) is 50.8 Å². The summed E-state index contributed by atoms with van der Waals surface area (Å²) in [4.78, 5) is 13.0. The van der Waals surface area contributed by atoms with Gasteiger partial charge in [0.1, 0.15) is 0 Å². The number of hydrogen-bond donors (Lipinski definition) is 4. The lowest BCUT2D eigenvalue weighted by atomic mass is 9.82. The van der Waals surface area contributed by atoms with E-state index in [9.17, 15) is 9.90 Å². The number of amides is 1. The zero-order valence-electron chi connectivity index (χ0n) is 16.6. The second-order valence-electron chi connectivity index (χ2n) is 7.49. The van der Waals surface area contributed by atoms with Crippen LogP contribution in [-0.4, -0.2) is 16.6 Å². The number of carbonyl (C=O) groups excluding carboxylic acids is 1. The second-order valence-corrected chi connectivity index (χ2v) is 8.00. The van der Waals surface area contributed by atoms with E-state index >= 15 is 0 Å². The summed E-state index contributed by atoms with van der Waals surface area (Å²) in [6, 6.07) is 7.03. The van der Waals surface area contributed by atoms with Crippen molar-refractivity contribution in [3.05, 3.63) is 53.3 Å². The molecule has 0 radical (unpaired) electrons. The number of fused-ring (bicyclic) bond motifs is 1. The van der Waals surface area contributed by atoms with Crippen LogP contribution in [0.25, 0.3) is 0 Å².